The molecule has 2 aromatic carbocycles. The van der Waals surface area contributed by atoms with E-state index in [2.05, 4.69) is 23.3 Å². The summed E-state index contributed by atoms with van der Waals surface area (Å²) in [6.07, 6.45) is 4.13. The Morgan fingerprint density at radius 3 is 2.69 bits per heavy atom. The number of halogens is 2. The SMILES string of the molecule is CC1=C(c2cccc(CNC(=O)c3cccn(Cc4ccc(F)c(F)c4)c3=O)c2)c2cccnc2C1. The molecule has 0 radical (unpaired) electrons. The first-order chi connectivity index (χ1) is 17.4. The number of nitrogens with one attached hydrogen (secondary N) is 1. The van der Waals surface area contributed by atoms with Crippen LogP contribution < -0.4 is 10.9 Å². The van der Waals surface area contributed by atoms with Crippen molar-refractivity contribution in [2.75, 3.05) is 0 Å². The molecule has 36 heavy (non-hydrogen) atoms. The highest BCUT2D eigenvalue weighted by Crippen LogP contribution is 2.36. The fourth-order valence-corrected chi connectivity index (χ4v) is 4.56. The maximum Gasteiger partial charge on any atom is 0.263 e. The number of nitrogens with zero attached hydrogens (tertiary/aromatic N) is 2. The van der Waals surface area contributed by atoms with Crippen molar-refractivity contribution in [3.63, 3.8) is 0 Å². The molecule has 0 saturated carbocycles. The molecule has 5 rings (SSSR count). The number of carbonyl (C=O) groups excluding carboxylic acids is 1. The number of pyridine rings is 2. The molecule has 1 amide bonds. The van der Waals surface area contributed by atoms with Crippen molar-refractivity contribution in [2.24, 2.45) is 0 Å². The summed E-state index contributed by atoms with van der Waals surface area (Å²) in [4.78, 5) is 30.2. The van der Waals surface area contributed by atoms with Crippen LogP contribution in [0.4, 0.5) is 8.78 Å². The van der Waals surface area contributed by atoms with Gasteiger partial charge in [0.1, 0.15) is 5.56 Å². The summed E-state index contributed by atoms with van der Waals surface area (Å²) >= 11 is 0. The van der Waals surface area contributed by atoms with E-state index in [1.165, 1.54) is 28.5 Å². The Hall–Kier alpha value is -4.39. The van der Waals surface area contributed by atoms with Crippen LogP contribution in [-0.2, 0) is 19.5 Å². The molecule has 0 fully saturated rings. The maximum absolute atomic E-state index is 13.5. The zero-order valence-electron chi connectivity index (χ0n) is 19.6. The van der Waals surface area contributed by atoms with E-state index in [9.17, 15) is 18.4 Å². The quantitative estimate of drug-likeness (QED) is 0.425. The van der Waals surface area contributed by atoms with E-state index >= 15 is 0 Å². The van der Waals surface area contributed by atoms with Crippen LogP contribution in [0, 0.1) is 11.6 Å². The summed E-state index contributed by atoms with van der Waals surface area (Å²) in [6.45, 7) is 2.37. The number of carbonyl (C=O) groups is 1. The second-order valence-corrected chi connectivity index (χ2v) is 8.82. The largest absolute Gasteiger partial charge is 0.348 e. The molecular formula is C29H23F2N3O2. The van der Waals surface area contributed by atoms with Crippen molar-refractivity contribution in [1.82, 2.24) is 14.9 Å². The number of rotatable bonds is 6. The molecule has 1 aliphatic rings. The van der Waals surface area contributed by atoms with Crippen LogP contribution in [-0.4, -0.2) is 15.5 Å². The van der Waals surface area contributed by atoms with E-state index in [1.54, 1.807) is 12.3 Å². The zero-order chi connectivity index (χ0) is 25.2. The molecule has 0 spiro atoms. The van der Waals surface area contributed by atoms with Crippen LogP contribution >= 0.6 is 0 Å². The highest BCUT2D eigenvalue weighted by Gasteiger charge is 2.21. The molecule has 2 aromatic heterocycles. The van der Waals surface area contributed by atoms with Gasteiger partial charge in [0.15, 0.2) is 11.6 Å². The van der Waals surface area contributed by atoms with Gasteiger partial charge in [-0.1, -0.05) is 35.9 Å². The van der Waals surface area contributed by atoms with E-state index in [0.29, 0.717) is 5.56 Å². The number of amides is 1. The van der Waals surface area contributed by atoms with Gasteiger partial charge in [-0.05, 0) is 65.6 Å². The van der Waals surface area contributed by atoms with Crippen molar-refractivity contribution in [2.45, 2.75) is 26.4 Å². The van der Waals surface area contributed by atoms with Gasteiger partial charge in [0.2, 0.25) is 0 Å². The fraction of sp³-hybridized carbons (Fsp3) is 0.138. The molecule has 0 unspecified atom stereocenters. The van der Waals surface area contributed by atoms with Gasteiger partial charge in [-0.2, -0.15) is 0 Å². The van der Waals surface area contributed by atoms with Gasteiger partial charge in [0.05, 0.1) is 12.2 Å². The molecule has 180 valence electrons. The Balaban J connectivity index is 1.32. The topological polar surface area (TPSA) is 64.0 Å². The van der Waals surface area contributed by atoms with E-state index in [-0.39, 0.29) is 18.7 Å². The van der Waals surface area contributed by atoms with Crippen molar-refractivity contribution < 1.29 is 13.6 Å². The number of hydrogen-bond acceptors (Lipinski definition) is 3. The van der Waals surface area contributed by atoms with Crippen LogP contribution in [0.3, 0.4) is 0 Å². The van der Waals surface area contributed by atoms with Crippen molar-refractivity contribution in [1.29, 1.82) is 0 Å². The summed E-state index contributed by atoms with van der Waals surface area (Å²) in [5, 5.41) is 2.82. The van der Waals surface area contributed by atoms with Gasteiger partial charge >= 0.3 is 0 Å². The minimum atomic E-state index is -0.986. The molecule has 7 heteroatoms. The van der Waals surface area contributed by atoms with E-state index in [0.717, 1.165) is 46.5 Å². The summed E-state index contributed by atoms with van der Waals surface area (Å²) in [7, 11) is 0. The predicted molar refractivity (Wildman–Crippen MR) is 133 cm³/mol. The molecular weight excluding hydrogens is 460 g/mol. The molecule has 0 saturated heterocycles. The van der Waals surface area contributed by atoms with Gasteiger partial charge in [0.25, 0.3) is 11.5 Å². The number of fused-ring (bicyclic) bond motifs is 1. The minimum Gasteiger partial charge on any atom is -0.348 e. The molecule has 0 aliphatic heterocycles. The summed E-state index contributed by atoms with van der Waals surface area (Å²) in [6, 6.07) is 18.4. The van der Waals surface area contributed by atoms with E-state index < -0.39 is 23.1 Å². The highest BCUT2D eigenvalue weighted by molar-refractivity contribution is 5.93. The third-order valence-electron chi connectivity index (χ3n) is 6.29. The molecule has 0 bridgehead atoms. The molecule has 2 heterocycles. The first-order valence-electron chi connectivity index (χ1n) is 11.6. The first-order valence-corrected chi connectivity index (χ1v) is 11.6. The molecule has 0 atom stereocenters. The average molecular weight is 484 g/mol. The smallest absolute Gasteiger partial charge is 0.263 e. The predicted octanol–water partition coefficient (Wildman–Crippen LogP) is 4.88. The van der Waals surface area contributed by atoms with Gasteiger partial charge in [-0.25, -0.2) is 8.78 Å². The highest BCUT2D eigenvalue weighted by atomic mass is 19.2. The van der Waals surface area contributed by atoms with Crippen LogP contribution in [0.5, 0.6) is 0 Å². The van der Waals surface area contributed by atoms with Gasteiger partial charge in [-0.15, -0.1) is 0 Å². The lowest BCUT2D eigenvalue weighted by Crippen LogP contribution is -2.32. The number of hydrogen-bond donors (Lipinski definition) is 1. The Morgan fingerprint density at radius 1 is 1.00 bits per heavy atom. The number of aromatic nitrogens is 2. The number of benzene rings is 2. The molecule has 1 N–H and O–H groups in total. The Morgan fingerprint density at radius 2 is 1.86 bits per heavy atom. The van der Waals surface area contributed by atoms with Gasteiger partial charge in [0, 0.05) is 30.9 Å². The third-order valence-corrected chi connectivity index (χ3v) is 6.29. The van der Waals surface area contributed by atoms with E-state index in [1.807, 2.05) is 30.3 Å². The normalized spacial score (nSPS) is 12.5. The van der Waals surface area contributed by atoms with E-state index in [4.69, 9.17) is 0 Å². The third kappa shape index (κ3) is 4.60. The lowest BCUT2D eigenvalue weighted by molar-refractivity contribution is 0.0948. The zero-order valence-corrected chi connectivity index (χ0v) is 19.6. The van der Waals surface area contributed by atoms with Crippen molar-refractivity contribution in [3.8, 4) is 0 Å². The van der Waals surface area contributed by atoms with Crippen molar-refractivity contribution >= 4 is 11.5 Å². The van der Waals surface area contributed by atoms with Gasteiger partial charge in [-0.3, -0.25) is 14.6 Å². The Bertz CT molecular complexity index is 1570. The Labute approximate surface area is 206 Å². The second-order valence-electron chi connectivity index (χ2n) is 8.82. The lowest BCUT2D eigenvalue weighted by atomic mass is 9.97. The molecule has 1 aliphatic carbocycles. The summed E-state index contributed by atoms with van der Waals surface area (Å²) < 4.78 is 28.0. The van der Waals surface area contributed by atoms with Crippen molar-refractivity contribution in [3.05, 3.63) is 140 Å². The maximum atomic E-state index is 13.5. The summed E-state index contributed by atoms with van der Waals surface area (Å²) in [5.74, 6) is -2.45. The second kappa shape index (κ2) is 9.70. The van der Waals surface area contributed by atoms with Gasteiger partial charge < -0.3 is 9.88 Å². The molecule has 5 nitrogen and oxygen atoms in total. The fourth-order valence-electron chi connectivity index (χ4n) is 4.56. The minimum absolute atomic E-state index is 0.0178. The van der Waals surface area contributed by atoms with Crippen LogP contribution in [0.2, 0.25) is 0 Å². The van der Waals surface area contributed by atoms with Crippen LogP contribution in [0.15, 0.2) is 89.5 Å². The standard InChI is InChI=1S/C29H23F2N3O2/c1-18-13-26-22(7-3-11-32-26)27(18)21-6-2-5-19(14-21)16-33-28(35)23-8-4-12-34(29(23)36)17-20-9-10-24(30)25(31)15-20/h2-12,14-15H,13,16-17H2,1H3,(H,33,35). The summed E-state index contributed by atoms with van der Waals surface area (Å²) in [5.41, 5.74) is 6.43. The number of allylic oxidation sites excluding steroid dienone is 1. The molecule has 4 aromatic rings. The van der Waals surface area contributed by atoms with Crippen LogP contribution in [0.1, 0.15) is 45.2 Å². The average Bonchev–Trinajstić information content (AvgIpc) is 3.22. The Kier molecular flexibility index (Phi) is 6.29. The van der Waals surface area contributed by atoms with Crippen LogP contribution in [0.25, 0.3) is 5.57 Å². The first kappa shape index (κ1) is 23.4. The lowest BCUT2D eigenvalue weighted by Gasteiger charge is -2.11. The monoisotopic (exact) mass is 483 g/mol.